The summed E-state index contributed by atoms with van der Waals surface area (Å²) >= 11 is 0. The number of aryl methyl sites for hydroxylation is 1. The molecule has 40 heavy (non-hydrogen) atoms. The van der Waals surface area contributed by atoms with Crippen molar-refractivity contribution in [2.45, 2.75) is 52.3 Å². The van der Waals surface area contributed by atoms with Crippen LogP contribution in [0.1, 0.15) is 39.2 Å². The van der Waals surface area contributed by atoms with Crippen LogP contribution < -0.4 is 10.2 Å². The summed E-state index contributed by atoms with van der Waals surface area (Å²) in [5.74, 6) is -0.211. The SMILES string of the molecule is Cc1cc(-c2ccn3c(-c4cccc(NC(=O)CCC(F)(F)F)c4)cnc3c2)cnc1N(C)C(=O)OC(C)(C)C. The number of carbonyl (C=O) groups is 2. The van der Waals surface area contributed by atoms with Gasteiger partial charge in [-0.1, -0.05) is 12.1 Å². The van der Waals surface area contributed by atoms with E-state index in [0.717, 1.165) is 27.9 Å². The first-order valence-corrected chi connectivity index (χ1v) is 12.6. The van der Waals surface area contributed by atoms with E-state index < -0.39 is 36.6 Å². The Bertz CT molecular complexity index is 1560. The molecule has 3 aromatic heterocycles. The molecule has 2 amide bonds. The highest BCUT2D eigenvalue weighted by Crippen LogP contribution is 2.29. The minimum atomic E-state index is -4.39. The van der Waals surface area contributed by atoms with Crippen LogP contribution in [0.2, 0.25) is 0 Å². The fourth-order valence-corrected chi connectivity index (χ4v) is 4.10. The van der Waals surface area contributed by atoms with Crippen LogP contribution in [0, 0.1) is 6.92 Å². The van der Waals surface area contributed by atoms with Crippen molar-refractivity contribution in [1.82, 2.24) is 14.4 Å². The van der Waals surface area contributed by atoms with Crippen LogP contribution in [-0.4, -0.2) is 45.2 Å². The minimum absolute atomic E-state index is 0.397. The van der Waals surface area contributed by atoms with Crippen molar-refractivity contribution in [2.75, 3.05) is 17.3 Å². The zero-order valence-corrected chi connectivity index (χ0v) is 22.8. The van der Waals surface area contributed by atoms with Crippen LogP contribution in [0.5, 0.6) is 0 Å². The number of aromatic nitrogens is 3. The molecule has 8 nitrogen and oxygen atoms in total. The summed E-state index contributed by atoms with van der Waals surface area (Å²) in [6.07, 6.45) is -1.47. The molecule has 4 aromatic rings. The van der Waals surface area contributed by atoms with Gasteiger partial charge in [-0.25, -0.2) is 14.8 Å². The highest BCUT2D eigenvalue weighted by Gasteiger charge is 2.28. The second-order valence-electron chi connectivity index (χ2n) is 10.4. The number of ether oxygens (including phenoxy) is 1. The molecule has 0 fully saturated rings. The molecule has 0 atom stereocenters. The van der Waals surface area contributed by atoms with Crippen molar-refractivity contribution in [3.63, 3.8) is 0 Å². The molecule has 0 radical (unpaired) electrons. The number of carbonyl (C=O) groups excluding carboxylic acids is 2. The third-order valence-electron chi connectivity index (χ3n) is 5.96. The third-order valence-corrected chi connectivity index (χ3v) is 5.96. The lowest BCUT2D eigenvalue weighted by atomic mass is 10.1. The van der Waals surface area contributed by atoms with Crippen LogP contribution in [0.15, 0.2) is 61.1 Å². The van der Waals surface area contributed by atoms with Gasteiger partial charge in [-0.15, -0.1) is 0 Å². The van der Waals surface area contributed by atoms with Crippen molar-refractivity contribution in [3.05, 3.63) is 66.6 Å². The summed E-state index contributed by atoms with van der Waals surface area (Å²) in [4.78, 5) is 34.8. The van der Waals surface area contributed by atoms with E-state index in [1.54, 1.807) is 58.4 Å². The van der Waals surface area contributed by atoms with Crippen molar-refractivity contribution < 1.29 is 27.5 Å². The van der Waals surface area contributed by atoms with E-state index in [4.69, 9.17) is 4.74 Å². The number of halogens is 3. The molecule has 0 aliphatic rings. The molecular weight excluding hydrogens is 523 g/mol. The maximum atomic E-state index is 12.5. The van der Waals surface area contributed by atoms with Gasteiger partial charge in [0.1, 0.15) is 17.1 Å². The molecular formula is C29H30F3N5O3. The number of anilines is 2. The first kappa shape index (κ1) is 28.6. The van der Waals surface area contributed by atoms with Crippen LogP contribution in [0.25, 0.3) is 28.0 Å². The van der Waals surface area contributed by atoms with E-state index in [2.05, 4.69) is 15.3 Å². The van der Waals surface area contributed by atoms with Crippen LogP contribution >= 0.6 is 0 Å². The fourth-order valence-electron chi connectivity index (χ4n) is 4.10. The van der Waals surface area contributed by atoms with E-state index in [-0.39, 0.29) is 0 Å². The van der Waals surface area contributed by atoms with Gasteiger partial charge in [-0.3, -0.25) is 14.1 Å². The summed E-state index contributed by atoms with van der Waals surface area (Å²) in [6, 6.07) is 12.6. The van der Waals surface area contributed by atoms with Gasteiger partial charge in [0.05, 0.1) is 18.3 Å². The quantitative estimate of drug-likeness (QED) is 0.277. The molecule has 0 aliphatic carbocycles. The Balaban J connectivity index is 1.54. The van der Waals surface area contributed by atoms with Gasteiger partial charge in [0, 0.05) is 42.7 Å². The standard InChI is InChI=1S/C29H30F3N5O3/c1-18-13-21(16-34-26(18)36(5)27(39)40-28(2,3)4)19-10-12-37-23(17-33-24(37)15-19)20-7-6-8-22(14-20)35-25(38)9-11-29(30,31)32/h6-8,10,12-17H,9,11H2,1-5H3,(H,35,38). The predicted molar refractivity (Wildman–Crippen MR) is 147 cm³/mol. The van der Waals surface area contributed by atoms with Crippen LogP contribution in [-0.2, 0) is 9.53 Å². The molecule has 0 unspecified atom stereocenters. The second-order valence-corrected chi connectivity index (χ2v) is 10.4. The van der Waals surface area contributed by atoms with Crippen LogP contribution in [0.4, 0.5) is 29.5 Å². The summed E-state index contributed by atoms with van der Waals surface area (Å²) in [5, 5.41) is 2.52. The Morgan fingerprint density at radius 1 is 1.00 bits per heavy atom. The molecule has 3 heterocycles. The number of rotatable bonds is 6. The predicted octanol–water partition coefficient (Wildman–Crippen LogP) is 7.02. The molecule has 0 spiro atoms. The molecule has 0 saturated carbocycles. The number of hydrogen-bond acceptors (Lipinski definition) is 5. The number of alkyl halides is 3. The third kappa shape index (κ3) is 6.96. The van der Waals surface area contributed by atoms with Crippen molar-refractivity contribution in [3.8, 4) is 22.4 Å². The molecule has 1 aromatic carbocycles. The lowest BCUT2D eigenvalue weighted by Gasteiger charge is -2.25. The molecule has 1 N–H and O–H groups in total. The van der Waals surface area contributed by atoms with Gasteiger partial charge in [-0.05, 0) is 69.2 Å². The Labute approximate surface area is 229 Å². The summed E-state index contributed by atoms with van der Waals surface area (Å²) in [5.41, 5.74) is 4.44. The lowest BCUT2D eigenvalue weighted by Crippen LogP contribution is -2.35. The normalized spacial score (nSPS) is 11.9. The molecule has 210 valence electrons. The van der Waals surface area contributed by atoms with Gasteiger partial charge >= 0.3 is 12.3 Å². The Kier molecular flexibility index (Phi) is 7.86. The van der Waals surface area contributed by atoms with Gasteiger partial charge in [0.2, 0.25) is 5.91 Å². The van der Waals surface area contributed by atoms with Crippen molar-refractivity contribution in [2.24, 2.45) is 0 Å². The highest BCUT2D eigenvalue weighted by atomic mass is 19.4. The number of nitrogens with one attached hydrogen (secondary N) is 1. The van der Waals surface area contributed by atoms with Gasteiger partial charge < -0.3 is 10.1 Å². The van der Waals surface area contributed by atoms with E-state index in [1.807, 2.05) is 41.8 Å². The van der Waals surface area contributed by atoms with Gasteiger partial charge in [-0.2, -0.15) is 13.2 Å². The average Bonchev–Trinajstić information content (AvgIpc) is 3.29. The fraction of sp³-hybridized carbons (Fsp3) is 0.310. The van der Waals surface area contributed by atoms with E-state index >= 15 is 0 Å². The lowest BCUT2D eigenvalue weighted by molar-refractivity contribution is -0.142. The number of hydrogen-bond donors (Lipinski definition) is 1. The van der Waals surface area contributed by atoms with E-state index in [1.165, 1.54) is 4.90 Å². The smallest absolute Gasteiger partial charge is 0.415 e. The Hall–Kier alpha value is -4.41. The Morgan fingerprint density at radius 2 is 1.75 bits per heavy atom. The number of benzene rings is 1. The average molecular weight is 554 g/mol. The minimum Gasteiger partial charge on any atom is -0.443 e. The summed E-state index contributed by atoms with van der Waals surface area (Å²) < 4.78 is 44.6. The number of nitrogens with zero attached hydrogens (tertiary/aromatic N) is 4. The molecule has 0 bridgehead atoms. The monoisotopic (exact) mass is 553 g/mol. The van der Waals surface area contributed by atoms with Gasteiger partial charge in [0.25, 0.3) is 0 Å². The first-order chi connectivity index (χ1) is 18.7. The number of pyridine rings is 2. The summed E-state index contributed by atoms with van der Waals surface area (Å²) in [7, 11) is 1.62. The second kappa shape index (κ2) is 11.0. The van der Waals surface area contributed by atoms with Crippen LogP contribution in [0.3, 0.4) is 0 Å². The summed E-state index contributed by atoms with van der Waals surface area (Å²) in [6.45, 7) is 7.28. The number of fused-ring (bicyclic) bond motifs is 1. The molecule has 4 rings (SSSR count). The Morgan fingerprint density at radius 3 is 2.42 bits per heavy atom. The number of imidazole rings is 1. The zero-order chi connectivity index (χ0) is 29.2. The maximum Gasteiger partial charge on any atom is 0.415 e. The van der Waals surface area contributed by atoms with Crippen molar-refractivity contribution in [1.29, 1.82) is 0 Å². The largest absolute Gasteiger partial charge is 0.443 e. The molecule has 0 saturated heterocycles. The number of amides is 2. The highest BCUT2D eigenvalue weighted by molar-refractivity contribution is 5.91. The van der Waals surface area contributed by atoms with Gasteiger partial charge in [0.15, 0.2) is 0 Å². The van der Waals surface area contributed by atoms with Crippen molar-refractivity contribution >= 4 is 29.2 Å². The van der Waals surface area contributed by atoms with E-state index in [9.17, 15) is 22.8 Å². The molecule has 11 heteroatoms. The van der Waals surface area contributed by atoms with E-state index in [0.29, 0.717) is 17.2 Å². The molecule has 0 aliphatic heterocycles. The zero-order valence-electron chi connectivity index (χ0n) is 22.8. The first-order valence-electron chi connectivity index (χ1n) is 12.6. The topological polar surface area (TPSA) is 88.8 Å². The maximum absolute atomic E-state index is 12.5.